The molecule has 0 aromatic heterocycles. The standard InChI is InChI=1S/C14H15NO2/c1-3-9-5-10-11-6-13(16)15-14(11)8(2)4-12(10)17-7-9/h4-6,9H,3,7H2,1-2H3,(H,15,16). The molecule has 0 fully saturated rings. The predicted octanol–water partition coefficient (Wildman–Crippen LogP) is 0.927. The minimum absolute atomic E-state index is 0.0384. The van der Waals surface area contributed by atoms with Gasteiger partial charge < -0.3 is 10.1 Å². The zero-order valence-corrected chi connectivity index (χ0v) is 10.0. The van der Waals surface area contributed by atoms with Crippen LogP contribution in [-0.4, -0.2) is 12.5 Å². The van der Waals surface area contributed by atoms with Gasteiger partial charge in [0.05, 0.1) is 12.3 Å². The van der Waals surface area contributed by atoms with Crippen LogP contribution in [0.25, 0.3) is 12.2 Å². The Morgan fingerprint density at radius 1 is 1.47 bits per heavy atom. The summed E-state index contributed by atoms with van der Waals surface area (Å²) in [5, 5.41) is 4.94. The van der Waals surface area contributed by atoms with Crippen molar-refractivity contribution < 1.29 is 9.53 Å². The van der Waals surface area contributed by atoms with Crippen LogP contribution in [0.3, 0.4) is 0 Å². The summed E-state index contributed by atoms with van der Waals surface area (Å²) in [7, 11) is 0. The molecule has 2 aliphatic rings. The van der Waals surface area contributed by atoms with Gasteiger partial charge in [-0.3, -0.25) is 4.79 Å². The fraction of sp³-hybridized carbons (Fsp3) is 0.357. The van der Waals surface area contributed by atoms with Gasteiger partial charge in [0.1, 0.15) is 5.75 Å². The van der Waals surface area contributed by atoms with Gasteiger partial charge in [0, 0.05) is 22.4 Å². The number of ether oxygens (including phenoxy) is 1. The van der Waals surface area contributed by atoms with Crippen LogP contribution in [-0.2, 0) is 4.79 Å². The average molecular weight is 229 g/mol. The molecule has 0 bridgehead atoms. The van der Waals surface area contributed by atoms with Crippen molar-refractivity contribution >= 4 is 23.7 Å². The normalized spacial score (nSPS) is 20.6. The molecule has 1 amide bonds. The van der Waals surface area contributed by atoms with Crippen molar-refractivity contribution in [3.63, 3.8) is 0 Å². The van der Waals surface area contributed by atoms with E-state index in [-0.39, 0.29) is 5.91 Å². The van der Waals surface area contributed by atoms with Crippen molar-refractivity contribution in [3.8, 4) is 5.75 Å². The van der Waals surface area contributed by atoms with Crippen LogP contribution in [0.1, 0.15) is 18.9 Å². The Morgan fingerprint density at radius 3 is 3.06 bits per heavy atom. The molecular weight excluding hydrogens is 214 g/mol. The summed E-state index contributed by atoms with van der Waals surface area (Å²) >= 11 is 0. The molecule has 1 aromatic carbocycles. The topological polar surface area (TPSA) is 38.3 Å². The Bertz CT molecular complexity index is 616. The number of aryl methyl sites for hydroxylation is 1. The minimum Gasteiger partial charge on any atom is -0.492 e. The summed E-state index contributed by atoms with van der Waals surface area (Å²) in [6.45, 7) is 4.88. The summed E-state index contributed by atoms with van der Waals surface area (Å²) in [4.78, 5) is 11.5. The van der Waals surface area contributed by atoms with Crippen molar-refractivity contribution in [3.05, 3.63) is 22.1 Å². The molecule has 1 unspecified atom stereocenters. The van der Waals surface area contributed by atoms with Crippen LogP contribution >= 0.6 is 0 Å². The van der Waals surface area contributed by atoms with Crippen LogP contribution in [0.4, 0.5) is 5.69 Å². The van der Waals surface area contributed by atoms with Gasteiger partial charge in [-0.2, -0.15) is 0 Å². The number of hydrogen-bond donors (Lipinski definition) is 1. The van der Waals surface area contributed by atoms with E-state index in [2.05, 4.69) is 18.3 Å². The number of fused-ring (bicyclic) bond motifs is 3. The minimum atomic E-state index is -0.0384. The highest BCUT2D eigenvalue weighted by molar-refractivity contribution is 6.17. The molecule has 17 heavy (non-hydrogen) atoms. The summed E-state index contributed by atoms with van der Waals surface area (Å²) in [5.74, 6) is 1.31. The number of rotatable bonds is 1. The van der Waals surface area contributed by atoms with Gasteiger partial charge in [-0.05, 0) is 25.0 Å². The SMILES string of the molecule is CCC1C=c2c(cc(C)c3c2=CC(=O)N3)OC1. The molecule has 0 spiro atoms. The summed E-state index contributed by atoms with van der Waals surface area (Å²) in [5.41, 5.74) is 1.99. The average Bonchev–Trinajstić information content (AvgIpc) is 2.72. The smallest absolute Gasteiger partial charge is 0.249 e. The maximum absolute atomic E-state index is 11.5. The summed E-state index contributed by atoms with van der Waals surface area (Å²) in [6, 6.07) is 2.01. The van der Waals surface area contributed by atoms with E-state index in [0.717, 1.165) is 40.5 Å². The van der Waals surface area contributed by atoms with Gasteiger partial charge in [-0.1, -0.05) is 13.0 Å². The fourth-order valence-electron chi connectivity index (χ4n) is 2.44. The van der Waals surface area contributed by atoms with E-state index < -0.39 is 0 Å². The van der Waals surface area contributed by atoms with Gasteiger partial charge >= 0.3 is 0 Å². The molecule has 88 valence electrons. The third kappa shape index (κ3) is 1.54. The van der Waals surface area contributed by atoms with Crippen LogP contribution in [0.15, 0.2) is 6.07 Å². The van der Waals surface area contributed by atoms with Gasteiger partial charge in [-0.15, -0.1) is 0 Å². The van der Waals surface area contributed by atoms with Gasteiger partial charge in [-0.25, -0.2) is 0 Å². The van der Waals surface area contributed by atoms with E-state index in [1.807, 2.05) is 13.0 Å². The maximum atomic E-state index is 11.5. The first kappa shape index (κ1) is 10.4. The van der Waals surface area contributed by atoms with Crippen LogP contribution in [0, 0.1) is 12.8 Å². The number of benzene rings is 1. The van der Waals surface area contributed by atoms with Crippen molar-refractivity contribution in [1.82, 2.24) is 0 Å². The second-order valence-electron chi connectivity index (χ2n) is 4.67. The Morgan fingerprint density at radius 2 is 2.29 bits per heavy atom. The second-order valence-corrected chi connectivity index (χ2v) is 4.67. The van der Waals surface area contributed by atoms with E-state index in [1.165, 1.54) is 0 Å². The van der Waals surface area contributed by atoms with E-state index in [4.69, 9.17) is 4.74 Å². The molecule has 0 saturated carbocycles. The molecule has 1 aromatic rings. The molecule has 0 radical (unpaired) electrons. The Labute approximate surface area is 99.8 Å². The van der Waals surface area contributed by atoms with Crippen LogP contribution < -0.4 is 20.5 Å². The quantitative estimate of drug-likeness (QED) is 0.778. The number of amides is 1. The molecule has 1 N–H and O–H groups in total. The first-order valence-corrected chi connectivity index (χ1v) is 6.00. The van der Waals surface area contributed by atoms with E-state index in [0.29, 0.717) is 5.92 Å². The van der Waals surface area contributed by atoms with E-state index >= 15 is 0 Å². The highest BCUT2D eigenvalue weighted by Gasteiger charge is 2.19. The number of hydrogen-bond acceptors (Lipinski definition) is 2. The molecule has 0 aliphatic carbocycles. The molecule has 3 nitrogen and oxygen atoms in total. The van der Waals surface area contributed by atoms with Crippen molar-refractivity contribution in [2.75, 3.05) is 11.9 Å². The number of nitrogens with one attached hydrogen (secondary N) is 1. The molecule has 3 heteroatoms. The number of carbonyl (C=O) groups is 1. The highest BCUT2D eigenvalue weighted by atomic mass is 16.5. The van der Waals surface area contributed by atoms with Crippen LogP contribution in [0.2, 0.25) is 0 Å². The molecule has 2 aliphatic heterocycles. The van der Waals surface area contributed by atoms with E-state index in [1.54, 1.807) is 6.08 Å². The van der Waals surface area contributed by atoms with Gasteiger partial charge in [0.25, 0.3) is 0 Å². The lowest BCUT2D eigenvalue weighted by molar-refractivity contribution is -0.110. The first-order chi connectivity index (χ1) is 8.19. The molecular formula is C14H15NO2. The zero-order chi connectivity index (χ0) is 12.0. The summed E-state index contributed by atoms with van der Waals surface area (Å²) < 4.78 is 5.78. The maximum Gasteiger partial charge on any atom is 0.249 e. The molecule has 2 heterocycles. The van der Waals surface area contributed by atoms with E-state index in [9.17, 15) is 4.79 Å². The molecule has 0 saturated heterocycles. The molecule has 3 rings (SSSR count). The Kier molecular flexibility index (Phi) is 2.21. The number of anilines is 1. The van der Waals surface area contributed by atoms with Crippen molar-refractivity contribution in [2.45, 2.75) is 20.3 Å². The highest BCUT2D eigenvalue weighted by Crippen LogP contribution is 2.20. The van der Waals surface area contributed by atoms with Crippen molar-refractivity contribution in [1.29, 1.82) is 0 Å². The van der Waals surface area contributed by atoms with Gasteiger partial charge in [0.2, 0.25) is 5.91 Å². The lowest BCUT2D eigenvalue weighted by Crippen LogP contribution is -2.33. The zero-order valence-electron chi connectivity index (χ0n) is 10.0. The predicted molar refractivity (Wildman–Crippen MR) is 67.3 cm³/mol. The Hall–Kier alpha value is -1.77. The Balaban J connectivity index is 2.34. The monoisotopic (exact) mass is 229 g/mol. The fourth-order valence-corrected chi connectivity index (χ4v) is 2.44. The third-order valence-corrected chi connectivity index (χ3v) is 3.47. The summed E-state index contributed by atoms with van der Waals surface area (Å²) in [6.07, 6.45) is 4.95. The third-order valence-electron chi connectivity index (χ3n) is 3.47. The lowest BCUT2D eigenvalue weighted by atomic mass is 10.0. The molecule has 1 atom stereocenters. The first-order valence-electron chi connectivity index (χ1n) is 6.00. The largest absolute Gasteiger partial charge is 0.492 e. The number of carbonyl (C=O) groups excluding carboxylic acids is 1. The van der Waals surface area contributed by atoms with Crippen molar-refractivity contribution in [2.24, 2.45) is 5.92 Å². The van der Waals surface area contributed by atoms with Gasteiger partial charge in [0.15, 0.2) is 0 Å². The van der Waals surface area contributed by atoms with Crippen LogP contribution in [0.5, 0.6) is 5.75 Å². The second kappa shape index (κ2) is 3.62. The lowest BCUT2D eigenvalue weighted by Gasteiger charge is -2.19.